The van der Waals surface area contributed by atoms with Crippen LogP contribution in [0.2, 0.25) is 0 Å². The van der Waals surface area contributed by atoms with Crippen LogP contribution in [0.25, 0.3) is 11.3 Å². The molecule has 0 saturated carbocycles. The Bertz CT molecular complexity index is 995. The van der Waals surface area contributed by atoms with Crippen molar-refractivity contribution in [2.75, 3.05) is 13.2 Å². The van der Waals surface area contributed by atoms with Gasteiger partial charge in [-0.15, -0.1) is 0 Å². The molecule has 0 fully saturated rings. The molecule has 0 bridgehead atoms. The third-order valence-corrected chi connectivity index (χ3v) is 4.55. The van der Waals surface area contributed by atoms with Crippen molar-refractivity contribution in [3.63, 3.8) is 0 Å². The van der Waals surface area contributed by atoms with Gasteiger partial charge in [0.05, 0.1) is 11.3 Å². The first-order valence-corrected chi connectivity index (χ1v) is 9.69. The Morgan fingerprint density at radius 3 is 2.53 bits per heavy atom. The van der Waals surface area contributed by atoms with Crippen LogP contribution in [-0.4, -0.2) is 35.8 Å². The van der Waals surface area contributed by atoms with E-state index in [1.807, 2.05) is 20.8 Å². The Balaban J connectivity index is 1.81. The molecule has 2 aromatic rings. The summed E-state index contributed by atoms with van der Waals surface area (Å²) in [5.41, 5.74) is 1.84. The van der Waals surface area contributed by atoms with Gasteiger partial charge in [-0.2, -0.15) is 0 Å². The zero-order valence-corrected chi connectivity index (χ0v) is 17.5. The number of aromatic nitrogens is 1. The van der Waals surface area contributed by atoms with Crippen molar-refractivity contribution in [2.24, 2.45) is 10.6 Å². The average Bonchev–Trinajstić information content (AvgIpc) is 3.20. The number of halogens is 1. The summed E-state index contributed by atoms with van der Waals surface area (Å²) in [7, 11) is 0. The van der Waals surface area contributed by atoms with E-state index in [0.29, 0.717) is 47.8 Å². The van der Waals surface area contributed by atoms with Gasteiger partial charge in [0, 0.05) is 30.3 Å². The van der Waals surface area contributed by atoms with Crippen LogP contribution in [0.5, 0.6) is 0 Å². The van der Waals surface area contributed by atoms with Crippen LogP contribution < -0.4 is 10.6 Å². The zero-order valence-electron chi connectivity index (χ0n) is 17.5. The number of amides is 2. The molecule has 2 heterocycles. The maximum atomic E-state index is 14.5. The summed E-state index contributed by atoms with van der Waals surface area (Å²) < 4.78 is 14.5. The fourth-order valence-corrected chi connectivity index (χ4v) is 2.81. The van der Waals surface area contributed by atoms with Crippen molar-refractivity contribution in [2.45, 2.75) is 34.1 Å². The van der Waals surface area contributed by atoms with E-state index >= 15 is 0 Å². The fraction of sp³-hybridized carbons (Fsp3) is 0.364. The molecule has 0 radical (unpaired) electrons. The maximum absolute atomic E-state index is 14.5. The molecule has 1 aromatic heterocycles. The van der Waals surface area contributed by atoms with Crippen molar-refractivity contribution in [3.8, 4) is 11.3 Å². The number of nitrogens with zero attached hydrogens (tertiary/aromatic N) is 2. The van der Waals surface area contributed by atoms with E-state index in [1.165, 1.54) is 12.3 Å². The quantitative estimate of drug-likeness (QED) is 0.805. The number of carbonyl (C=O) groups excluding carboxylic acids is 2. The molecule has 1 aliphatic rings. The molecular weight excluding hydrogens is 387 g/mol. The Labute approximate surface area is 174 Å². The largest absolute Gasteiger partial charge is 0.394 e. The van der Waals surface area contributed by atoms with Crippen LogP contribution in [0.3, 0.4) is 0 Å². The molecule has 0 atom stereocenters. The lowest BCUT2D eigenvalue weighted by atomic mass is 9.97. The molecule has 30 heavy (non-hydrogen) atoms. The summed E-state index contributed by atoms with van der Waals surface area (Å²) in [6, 6.07) is 6.03. The van der Waals surface area contributed by atoms with Gasteiger partial charge in [0.2, 0.25) is 0 Å². The minimum absolute atomic E-state index is 0.0329. The molecule has 0 aliphatic carbocycles. The second-order valence-electron chi connectivity index (χ2n) is 8.38. The van der Waals surface area contributed by atoms with Gasteiger partial charge >= 0.3 is 0 Å². The van der Waals surface area contributed by atoms with Gasteiger partial charge in [-0.1, -0.05) is 25.9 Å². The molecule has 0 saturated heterocycles. The van der Waals surface area contributed by atoms with Crippen LogP contribution in [0.15, 0.2) is 35.6 Å². The molecule has 158 valence electrons. The van der Waals surface area contributed by atoms with Crippen LogP contribution in [0, 0.1) is 18.2 Å². The van der Waals surface area contributed by atoms with Gasteiger partial charge in [0.25, 0.3) is 11.8 Å². The molecule has 0 spiro atoms. The number of amidine groups is 1. The van der Waals surface area contributed by atoms with E-state index in [9.17, 15) is 14.0 Å². The van der Waals surface area contributed by atoms with Gasteiger partial charge in [0.15, 0.2) is 5.84 Å². The molecule has 7 nitrogen and oxygen atoms in total. The first kappa shape index (κ1) is 21.4. The number of hydrogen-bond donors (Lipinski definition) is 2. The van der Waals surface area contributed by atoms with Crippen molar-refractivity contribution in [1.82, 2.24) is 15.6 Å². The summed E-state index contributed by atoms with van der Waals surface area (Å²) in [4.78, 5) is 33.9. The maximum Gasteiger partial charge on any atom is 0.256 e. The zero-order chi connectivity index (χ0) is 21.9. The number of carbonyl (C=O) groups is 2. The molecular formula is C22H25FN4O3. The van der Waals surface area contributed by atoms with Crippen molar-refractivity contribution in [1.29, 1.82) is 0 Å². The number of benzene rings is 1. The van der Waals surface area contributed by atoms with E-state index in [4.69, 9.17) is 4.84 Å². The molecule has 1 aliphatic heterocycles. The lowest BCUT2D eigenvalue weighted by Gasteiger charge is -2.18. The van der Waals surface area contributed by atoms with Gasteiger partial charge < -0.3 is 15.5 Å². The lowest BCUT2D eigenvalue weighted by molar-refractivity contribution is 0.0937. The first-order valence-electron chi connectivity index (χ1n) is 9.69. The predicted octanol–water partition coefficient (Wildman–Crippen LogP) is 3.44. The number of hydrogen-bond acceptors (Lipinski definition) is 5. The summed E-state index contributed by atoms with van der Waals surface area (Å²) in [5.74, 6) is -0.806. The minimum Gasteiger partial charge on any atom is -0.394 e. The second-order valence-corrected chi connectivity index (χ2v) is 8.38. The van der Waals surface area contributed by atoms with Crippen LogP contribution in [0.4, 0.5) is 4.39 Å². The van der Waals surface area contributed by atoms with Gasteiger partial charge in [-0.3, -0.25) is 14.6 Å². The third kappa shape index (κ3) is 5.20. The Morgan fingerprint density at radius 1 is 1.17 bits per heavy atom. The highest BCUT2D eigenvalue weighted by Crippen LogP contribution is 2.26. The van der Waals surface area contributed by atoms with Crippen LogP contribution in [0.1, 0.15) is 53.5 Å². The highest BCUT2D eigenvalue weighted by Gasteiger charge is 2.18. The standard InChI is InChI=1S/C22H25FN4O3/c1-13-16(9-15(10-17(13)23)21(29)26-19-7-8-30-27-19)18-6-5-14(11-24-18)20(28)25-12-22(2,3)4/h5-6,9-11H,7-8,12H2,1-4H3,(H,25,28)(H,26,27,29). The van der Waals surface area contributed by atoms with E-state index in [2.05, 4.69) is 20.8 Å². The molecule has 2 amide bonds. The fourth-order valence-electron chi connectivity index (χ4n) is 2.81. The molecule has 2 N–H and O–H groups in total. The smallest absolute Gasteiger partial charge is 0.256 e. The van der Waals surface area contributed by atoms with Gasteiger partial charge in [-0.05, 0) is 42.2 Å². The average molecular weight is 412 g/mol. The summed E-state index contributed by atoms with van der Waals surface area (Å²) in [6.07, 6.45) is 1.94. The van der Waals surface area contributed by atoms with Crippen LogP contribution in [-0.2, 0) is 4.84 Å². The van der Waals surface area contributed by atoms with E-state index in [-0.39, 0.29) is 16.9 Å². The van der Waals surface area contributed by atoms with E-state index in [0.717, 1.165) is 0 Å². The normalized spacial score (nSPS) is 13.4. The summed E-state index contributed by atoms with van der Waals surface area (Å²) in [5, 5.41) is 9.20. The number of rotatable bonds is 4. The summed E-state index contributed by atoms with van der Waals surface area (Å²) in [6.45, 7) is 8.64. The van der Waals surface area contributed by atoms with E-state index < -0.39 is 11.7 Å². The van der Waals surface area contributed by atoms with Crippen molar-refractivity contribution >= 4 is 17.6 Å². The highest BCUT2D eigenvalue weighted by molar-refractivity contribution is 6.07. The Morgan fingerprint density at radius 2 is 1.93 bits per heavy atom. The lowest BCUT2D eigenvalue weighted by Crippen LogP contribution is -2.32. The van der Waals surface area contributed by atoms with E-state index in [1.54, 1.807) is 25.1 Å². The van der Waals surface area contributed by atoms with Crippen LogP contribution >= 0.6 is 0 Å². The molecule has 8 heteroatoms. The van der Waals surface area contributed by atoms with Gasteiger partial charge in [0.1, 0.15) is 12.4 Å². The number of pyridine rings is 1. The second kappa shape index (κ2) is 8.61. The first-order chi connectivity index (χ1) is 14.1. The third-order valence-electron chi connectivity index (χ3n) is 4.55. The summed E-state index contributed by atoms with van der Waals surface area (Å²) >= 11 is 0. The minimum atomic E-state index is -0.518. The molecule has 3 rings (SSSR count). The Kier molecular flexibility index (Phi) is 6.14. The van der Waals surface area contributed by atoms with Crippen molar-refractivity contribution in [3.05, 3.63) is 53.0 Å². The predicted molar refractivity (Wildman–Crippen MR) is 112 cm³/mol. The monoisotopic (exact) mass is 412 g/mol. The highest BCUT2D eigenvalue weighted by atomic mass is 19.1. The topological polar surface area (TPSA) is 92.7 Å². The number of nitrogens with one attached hydrogen (secondary N) is 2. The van der Waals surface area contributed by atoms with Gasteiger partial charge in [-0.25, -0.2) is 4.39 Å². The Hall–Kier alpha value is -3.29. The molecule has 1 aromatic carbocycles. The van der Waals surface area contributed by atoms with Crippen molar-refractivity contribution < 1.29 is 18.8 Å². The number of oxime groups is 1. The molecule has 0 unspecified atom stereocenters. The SMILES string of the molecule is Cc1c(F)cc(C(=O)NC2=NOCC2)cc1-c1ccc(C(=O)NCC(C)(C)C)cn1.